The highest BCUT2D eigenvalue weighted by Crippen LogP contribution is 2.31. The molecule has 0 saturated heterocycles. The van der Waals surface area contributed by atoms with E-state index in [0.29, 0.717) is 5.92 Å². The molecule has 3 rings (SSSR count). The summed E-state index contributed by atoms with van der Waals surface area (Å²) >= 11 is 0. The Morgan fingerprint density at radius 2 is 1.76 bits per heavy atom. The van der Waals surface area contributed by atoms with Crippen LogP contribution in [0, 0.1) is 0 Å². The highest BCUT2D eigenvalue weighted by Gasteiger charge is 2.23. The van der Waals surface area contributed by atoms with E-state index in [1.54, 1.807) is 0 Å². The molecule has 0 aliphatic carbocycles. The van der Waals surface area contributed by atoms with E-state index in [1.807, 2.05) is 0 Å². The van der Waals surface area contributed by atoms with Crippen LogP contribution in [0.25, 0.3) is 0 Å². The van der Waals surface area contributed by atoms with Crippen molar-refractivity contribution in [2.75, 3.05) is 19.6 Å². The van der Waals surface area contributed by atoms with Crippen molar-refractivity contribution in [1.29, 1.82) is 0 Å². The first-order chi connectivity index (χ1) is 10.4. The molecule has 2 aromatic rings. The van der Waals surface area contributed by atoms with Crippen LogP contribution in [0.1, 0.15) is 42.4 Å². The second-order valence-electron chi connectivity index (χ2n) is 6.07. The van der Waals surface area contributed by atoms with Crippen molar-refractivity contribution in [1.82, 2.24) is 4.90 Å². The van der Waals surface area contributed by atoms with Gasteiger partial charge >= 0.3 is 0 Å². The van der Waals surface area contributed by atoms with E-state index in [0.717, 1.165) is 6.54 Å². The van der Waals surface area contributed by atoms with Gasteiger partial charge in [0.05, 0.1) is 0 Å². The number of hydrogen-bond acceptors (Lipinski definition) is 1. The maximum atomic E-state index is 2.65. The summed E-state index contributed by atoms with van der Waals surface area (Å²) in [6.45, 7) is 5.86. The number of nitrogens with zero attached hydrogens (tertiary/aromatic N) is 1. The van der Waals surface area contributed by atoms with Crippen LogP contribution in [-0.2, 0) is 6.42 Å². The molecule has 1 unspecified atom stereocenters. The summed E-state index contributed by atoms with van der Waals surface area (Å²) in [5.41, 5.74) is 4.52. The summed E-state index contributed by atoms with van der Waals surface area (Å²) < 4.78 is 0. The monoisotopic (exact) mass is 279 g/mol. The third-order valence-electron chi connectivity index (χ3n) is 4.60. The third kappa shape index (κ3) is 3.36. The van der Waals surface area contributed by atoms with Gasteiger partial charge in [-0.15, -0.1) is 0 Å². The average Bonchev–Trinajstić information content (AvgIpc) is 2.74. The first-order valence-electron chi connectivity index (χ1n) is 8.23. The predicted molar refractivity (Wildman–Crippen MR) is 89.8 cm³/mol. The maximum absolute atomic E-state index is 2.65. The molecule has 0 fully saturated rings. The summed E-state index contributed by atoms with van der Waals surface area (Å²) in [5.74, 6) is 0.516. The second-order valence-corrected chi connectivity index (χ2v) is 6.07. The molecule has 1 heterocycles. The molecular weight excluding hydrogens is 254 g/mol. The van der Waals surface area contributed by atoms with Crippen molar-refractivity contribution in [2.45, 2.75) is 32.1 Å². The van der Waals surface area contributed by atoms with Crippen LogP contribution >= 0.6 is 0 Å². The minimum absolute atomic E-state index is 0.516. The van der Waals surface area contributed by atoms with Gasteiger partial charge in [-0.1, -0.05) is 67.9 Å². The Morgan fingerprint density at radius 1 is 1.00 bits per heavy atom. The van der Waals surface area contributed by atoms with Gasteiger partial charge in [0.25, 0.3) is 0 Å². The molecule has 1 aliphatic heterocycles. The number of hydrogen-bond donors (Lipinski definition) is 0. The summed E-state index contributed by atoms with van der Waals surface area (Å²) in [6.07, 6.45) is 3.76. The van der Waals surface area contributed by atoms with E-state index in [-0.39, 0.29) is 0 Å². The van der Waals surface area contributed by atoms with Gasteiger partial charge in [0.1, 0.15) is 0 Å². The SMILES string of the molecule is CCCCN1CCc2ccccc2C(c2ccccc2)C1. The number of fused-ring (bicyclic) bond motifs is 1. The molecule has 1 nitrogen and oxygen atoms in total. The lowest BCUT2D eigenvalue weighted by atomic mass is 9.88. The summed E-state index contributed by atoms with van der Waals surface area (Å²) in [4.78, 5) is 2.65. The van der Waals surface area contributed by atoms with Crippen molar-refractivity contribution >= 4 is 0 Å². The van der Waals surface area contributed by atoms with E-state index < -0.39 is 0 Å². The normalized spacial score (nSPS) is 19.0. The van der Waals surface area contributed by atoms with E-state index in [4.69, 9.17) is 0 Å². The lowest BCUT2D eigenvalue weighted by Crippen LogP contribution is -2.29. The lowest BCUT2D eigenvalue weighted by Gasteiger charge is -2.25. The Kier molecular flexibility index (Phi) is 4.72. The van der Waals surface area contributed by atoms with Crippen LogP contribution in [0.4, 0.5) is 0 Å². The minimum atomic E-state index is 0.516. The molecule has 0 spiro atoms. The molecule has 0 saturated carbocycles. The first kappa shape index (κ1) is 14.3. The van der Waals surface area contributed by atoms with E-state index in [9.17, 15) is 0 Å². The molecule has 1 atom stereocenters. The molecular formula is C20H25N. The third-order valence-corrected chi connectivity index (χ3v) is 4.60. The van der Waals surface area contributed by atoms with E-state index in [2.05, 4.69) is 66.4 Å². The molecule has 0 bridgehead atoms. The van der Waals surface area contributed by atoms with Crippen molar-refractivity contribution in [3.8, 4) is 0 Å². The second kappa shape index (κ2) is 6.91. The summed E-state index contributed by atoms with van der Waals surface area (Å²) in [6, 6.07) is 20.0. The van der Waals surface area contributed by atoms with E-state index >= 15 is 0 Å². The molecule has 1 heteroatoms. The van der Waals surface area contributed by atoms with Crippen LogP contribution in [0.5, 0.6) is 0 Å². The maximum Gasteiger partial charge on any atom is 0.0220 e. The molecule has 1 aliphatic rings. The van der Waals surface area contributed by atoms with Gasteiger partial charge in [-0.05, 0) is 36.1 Å². The fourth-order valence-corrected chi connectivity index (χ4v) is 3.38. The summed E-state index contributed by atoms with van der Waals surface area (Å²) in [5, 5.41) is 0. The van der Waals surface area contributed by atoms with Crippen LogP contribution < -0.4 is 0 Å². The van der Waals surface area contributed by atoms with Crippen molar-refractivity contribution in [3.63, 3.8) is 0 Å². The molecule has 0 amide bonds. The summed E-state index contributed by atoms with van der Waals surface area (Å²) in [7, 11) is 0. The fraction of sp³-hybridized carbons (Fsp3) is 0.400. The van der Waals surface area contributed by atoms with Gasteiger partial charge < -0.3 is 4.90 Å². The molecule has 0 radical (unpaired) electrons. The van der Waals surface area contributed by atoms with Gasteiger partial charge in [-0.25, -0.2) is 0 Å². The smallest absolute Gasteiger partial charge is 0.0220 e. The van der Waals surface area contributed by atoms with Crippen molar-refractivity contribution in [3.05, 3.63) is 71.3 Å². The number of rotatable bonds is 4. The Labute approximate surface area is 128 Å². The van der Waals surface area contributed by atoms with E-state index in [1.165, 1.54) is 49.0 Å². The van der Waals surface area contributed by atoms with Gasteiger partial charge in [-0.2, -0.15) is 0 Å². The Bertz CT molecular complexity index is 561. The zero-order chi connectivity index (χ0) is 14.5. The van der Waals surface area contributed by atoms with Crippen LogP contribution in [-0.4, -0.2) is 24.5 Å². The Balaban J connectivity index is 1.92. The number of unbranched alkanes of at least 4 members (excludes halogenated alkanes) is 1. The molecule has 21 heavy (non-hydrogen) atoms. The largest absolute Gasteiger partial charge is 0.302 e. The molecule has 0 aromatic heterocycles. The van der Waals surface area contributed by atoms with Gasteiger partial charge in [0, 0.05) is 19.0 Å². The standard InChI is InChI=1S/C20H25N/c1-2-3-14-21-15-13-18-11-7-8-12-19(18)20(16-21)17-9-5-4-6-10-17/h4-12,20H,2-3,13-16H2,1H3. The van der Waals surface area contributed by atoms with Crippen LogP contribution in [0.3, 0.4) is 0 Å². The lowest BCUT2D eigenvalue weighted by molar-refractivity contribution is 0.272. The predicted octanol–water partition coefficient (Wildman–Crippen LogP) is 4.48. The fourth-order valence-electron chi connectivity index (χ4n) is 3.38. The highest BCUT2D eigenvalue weighted by atomic mass is 15.1. The first-order valence-corrected chi connectivity index (χ1v) is 8.23. The molecule has 110 valence electrons. The van der Waals surface area contributed by atoms with Crippen LogP contribution in [0.15, 0.2) is 54.6 Å². The molecule has 2 aromatic carbocycles. The Hall–Kier alpha value is -1.60. The number of benzene rings is 2. The zero-order valence-corrected chi connectivity index (χ0v) is 13.0. The minimum Gasteiger partial charge on any atom is -0.302 e. The van der Waals surface area contributed by atoms with Crippen molar-refractivity contribution in [2.24, 2.45) is 0 Å². The van der Waals surface area contributed by atoms with Gasteiger partial charge in [0.2, 0.25) is 0 Å². The quantitative estimate of drug-likeness (QED) is 0.798. The zero-order valence-electron chi connectivity index (χ0n) is 13.0. The average molecular weight is 279 g/mol. The highest BCUT2D eigenvalue weighted by molar-refractivity contribution is 5.39. The van der Waals surface area contributed by atoms with Gasteiger partial charge in [0.15, 0.2) is 0 Å². The van der Waals surface area contributed by atoms with Crippen molar-refractivity contribution < 1.29 is 0 Å². The van der Waals surface area contributed by atoms with Crippen LogP contribution in [0.2, 0.25) is 0 Å². The Morgan fingerprint density at radius 3 is 2.57 bits per heavy atom. The molecule has 0 N–H and O–H groups in total. The topological polar surface area (TPSA) is 3.24 Å². The van der Waals surface area contributed by atoms with Gasteiger partial charge in [-0.3, -0.25) is 0 Å².